The molecule has 1 aromatic carbocycles. The van der Waals surface area contributed by atoms with E-state index in [1.807, 2.05) is 24.3 Å². The molecule has 2 rings (SSSR count). The highest BCUT2D eigenvalue weighted by molar-refractivity contribution is 5.95. The Labute approximate surface area is 119 Å². The Kier molecular flexibility index (Phi) is 4.45. The van der Waals surface area contributed by atoms with Crippen molar-refractivity contribution < 1.29 is 14.3 Å². The van der Waals surface area contributed by atoms with Crippen molar-refractivity contribution in [3.63, 3.8) is 0 Å². The molecule has 0 spiro atoms. The number of hydrogen-bond donors (Lipinski definition) is 1. The third-order valence-corrected chi connectivity index (χ3v) is 3.34. The third-order valence-electron chi connectivity index (χ3n) is 3.34. The van der Waals surface area contributed by atoms with Crippen molar-refractivity contribution in [2.45, 2.75) is 27.3 Å². The number of carboxylic acids is 1. The SMILES string of the molecule is CCN(Cc1c(C(=O)O)oc2ccccc12)CC(C)C. The van der Waals surface area contributed by atoms with E-state index in [0.29, 0.717) is 18.0 Å². The lowest BCUT2D eigenvalue weighted by atomic mass is 10.1. The highest BCUT2D eigenvalue weighted by Gasteiger charge is 2.21. The van der Waals surface area contributed by atoms with Gasteiger partial charge < -0.3 is 9.52 Å². The van der Waals surface area contributed by atoms with Crippen LogP contribution in [-0.4, -0.2) is 29.1 Å². The average Bonchev–Trinajstić information content (AvgIpc) is 2.76. The molecule has 0 radical (unpaired) electrons. The first-order chi connectivity index (χ1) is 9.52. The molecule has 0 amide bonds. The third kappa shape index (κ3) is 3.02. The van der Waals surface area contributed by atoms with E-state index in [0.717, 1.165) is 24.0 Å². The lowest BCUT2D eigenvalue weighted by Crippen LogP contribution is -2.27. The summed E-state index contributed by atoms with van der Waals surface area (Å²) in [5, 5.41) is 10.2. The molecule has 4 heteroatoms. The van der Waals surface area contributed by atoms with Gasteiger partial charge in [-0.3, -0.25) is 4.90 Å². The number of rotatable bonds is 6. The van der Waals surface area contributed by atoms with Gasteiger partial charge in [0.25, 0.3) is 0 Å². The predicted molar refractivity (Wildman–Crippen MR) is 79.0 cm³/mol. The van der Waals surface area contributed by atoms with Gasteiger partial charge in [0, 0.05) is 24.0 Å². The number of carboxylic acid groups (broad SMARTS) is 1. The smallest absolute Gasteiger partial charge is 0.372 e. The standard InChI is InChI=1S/C16H21NO3/c1-4-17(9-11(2)3)10-13-12-7-5-6-8-14(12)20-15(13)16(18)19/h5-8,11H,4,9-10H2,1-3H3,(H,18,19). The van der Waals surface area contributed by atoms with Crippen molar-refractivity contribution >= 4 is 16.9 Å². The van der Waals surface area contributed by atoms with Crippen LogP contribution in [0.25, 0.3) is 11.0 Å². The fourth-order valence-electron chi connectivity index (χ4n) is 2.47. The lowest BCUT2D eigenvalue weighted by Gasteiger charge is -2.22. The first-order valence-electron chi connectivity index (χ1n) is 6.99. The van der Waals surface area contributed by atoms with E-state index in [-0.39, 0.29) is 5.76 Å². The van der Waals surface area contributed by atoms with E-state index in [1.54, 1.807) is 0 Å². The van der Waals surface area contributed by atoms with Crippen LogP contribution in [-0.2, 0) is 6.54 Å². The van der Waals surface area contributed by atoms with Crippen LogP contribution in [0.2, 0.25) is 0 Å². The Bertz CT molecular complexity index is 601. The minimum Gasteiger partial charge on any atom is -0.475 e. The van der Waals surface area contributed by atoms with E-state index in [2.05, 4.69) is 25.7 Å². The number of carbonyl (C=O) groups is 1. The maximum Gasteiger partial charge on any atom is 0.372 e. The maximum absolute atomic E-state index is 11.4. The number of nitrogens with zero attached hydrogens (tertiary/aromatic N) is 1. The van der Waals surface area contributed by atoms with Crippen molar-refractivity contribution in [2.24, 2.45) is 5.92 Å². The van der Waals surface area contributed by atoms with Crippen LogP contribution in [0.15, 0.2) is 28.7 Å². The molecule has 0 unspecified atom stereocenters. The highest BCUT2D eigenvalue weighted by Crippen LogP contribution is 2.27. The summed E-state index contributed by atoms with van der Waals surface area (Å²) in [5.41, 5.74) is 1.41. The van der Waals surface area contributed by atoms with Gasteiger partial charge in [0.05, 0.1) is 0 Å². The molecule has 0 aliphatic carbocycles. The minimum atomic E-state index is -1.00. The van der Waals surface area contributed by atoms with Gasteiger partial charge in [-0.15, -0.1) is 0 Å². The summed E-state index contributed by atoms with van der Waals surface area (Å²) in [7, 11) is 0. The van der Waals surface area contributed by atoms with Crippen molar-refractivity contribution in [2.75, 3.05) is 13.1 Å². The van der Waals surface area contributed by atoms with Gasteiger partial charge in [-0.1, -0.05) is 39.0 Å². The minimum absolute atomic E-state index is 0.0633. The summed E-state index contributed by atoms with van der Waals surface area (Å²) in [6.45, 7) is 8.84. The number of hydrogen-bond acceptors (Lipinski definition) is 3. The molecular formula is C16H21NO3. The molecule has 0 saturated carbocycles. The molecule has 2 aromatic rings. The van der Waals surface area contributed by atoms with Crippen LogP contribution in [0.5, 0.6) is 0 Å². The van der Waals surface area contributed by atoms with Crippen LogP contribution in [0.3, 0.4) is 0 Å². The number of furan rings is 1. The highest BCUT2D eigenvalue weighted by atomic mass is 16.4. The van der Waals surface area contributed by atoms with E-state index in [4.69, 9.17) is 4.42 Å². The summed E-state index contributed by atoms with van der Waals surface area (Å²) < 4.78 is 5.48. The first kappa shape index (κ1) is 14.6. The quantitative estimate of drug-likeness (QED) is 0.875. The molecule has 4 nitrogen and oxygen atoms in total. The summed E-state index contributed by atoms with van der Waals surface area (Å²) >= 11 is 0. The second-order valence-electron chi connectivity index (χ2n) is 5.43. The monoisotopic (exact) mass is 275 g/mol. The first-order valence-corrected chi connectivity index (χ1v) is 6.99. The van der Waals surface area contributed by atoms with Crippen molar-refractivity contribution in [1.82, 2.24) is 4.90 Å². The second kappa shape index (κ2) is 6.09. The van der Waals surface area contributed by atoms with Crippen LogP contribution < -0.4 is 0 Å². The molecule has 1 heterocycles. The zero-order valence-electron chi connectivity index (χ0n) is 12.2. The lowest BCUT2D eigenvalue weighted by molar-refractivity contribution is 0.0661. The molecule has 1 N–H and O–H groups in total. The van der Waals surface area contributed by atoms with E-state index in [1.165, 1.54) is 0 Å². The number of aromatic carboxylic acids is 1. The fourth-order valence-corrected chi connectivity index (χ4v) is 2.47. The molecule has 0 bridgehead atoms. The Morgan fingerprint density at radius 1 is 1.35 bits per heavy atom. The van der Waals surface area contributed by atoms with Crippen LogP contribution in [0, 0.1) is 5.92 Å². The van der Waals surface area contributed by atoms with Gasteiger partial charge in [-0.2, -0.15) is 0 Å². The Balaban J connectivity index is 2.40. The van der Waals surface area contributed by atoms with Crippen LogP contribution in [0.4, 0.5) is 0 Å². The molecule has 20 heavy (non-hydrogen) atoms. The number of benzene rings is 1. The molecule has 0 fully saturated rings. The maximum atomic E-state index is 11.4. The summed E-state index contributed by atoms with van der Waals surface area (Å²) in [6.07, 6.45) is 0. The topological polar surface area (TPSA) is 53.7 Å². The molecular weight excluding hydrogens is 254 g/mol. The molecule has 0 atom stereocenters. The van der Waals surface area contributed by atoms with E-state index >= 15 is 0 Å². The van der Waals surface area contributed by atoms with Gasteiger partial charge in [0.2, 0.25) is 5.76 Å². The van der Waals surface area contributed by atoms with Gasteiger partial charge in [0.1, 0.15) is 5.58 Å². The zero-order chi connectivity index (χ0) is 14.7. The Hall–Kier alpha value is -1.81. The average molecular weight is 275 g/mol. The fraction of sp³-hybridized carbons (Fsp3) is 0.438. The van der Waals surface area contributed by atoms with E-state index < -0.39 is 5.97 Å². The van der Waals surface area contributed by atoms with Crippen LogP contribution in [0.1, 0.15) is 36.9 Å². The van der Waals surface area contributed by atoms with Gasteiger partial charge in [0.15, 0.2) is 0 Å². The normalized spacial score (nSPS) is 11.7. The van der Waals surface area contributed by atoms with E-state index in [9.17, 15) is 9.90 Å². The molecule has 0 aliphatic rings. The Morgan fingerprint density at radius 2 is 2.05 bits per heavy atom. The Morgan fingerprint density at radius 3 is 2.65 bits per heavy atom. The number of fused-ring (bicyclic) bond motifs is 1. The molecule has 1 aromatic heterocycles. The largest absolute Gasteiger partial charge is 0.475 e. The summed E-state index contributed by atoms with van der Waals surface area (Å²) in [6, 6.07) is 7.49. The molecule has 0 aliphatic heterocycles. The zero-order valence-corrected chi connectivity index (χ0v) is 12.2. The van der Waals surface area contributed by atoms with Gasteiger partial charge >= 0.3 is 5.97 Å². The summed E-state index contributed by atoms with van der Waals surface area (Å²) in [4.78, 5) is 13.6. The predicted octanol–water partition coefficient (Wildman–Crippen LogP) is 3.61. The van der Waals surface area contributed by atoms with Crippen molar-refractivity contribution in [3.8, 4) is 0 Å². The number of para-hydroxylation sites is 1. The molecule has 0 saturated heterocycles. The summed E-state index contributed by atoms with van der Waals surface area (Å²) in [5.74, 6) is -0.397. The van der Waals surface area contributed by atoms with Crippen molar-refractivity contribution in [1.29, 1.82) is 0 Å². The second-order valence-corrected chi connectivity index (χ2v) is 5.43. The molecule has 108 valence electrons. The van der Waals surface area contributed by atoms with Crippen molar-refractivity contribution in [3.05, 3.63) is 35.6 Å². The van der Waals surface area contributed by atoms with Gasteiger partial charge in [-0.25, -0.2) is 4.79 Å². The van der Waals surface area contributed by atoms with Crippen LogP contribution >= 0.6 is 0 Å². The van der Waals surface area contributed by atoms with Gasteiger partial charge in [-0.05, 0) is 18.5 Å².